The molecule has 0 fully saturated rings. The SMILES string of the molecule is CC(C)(C)OC(=O)C(C#N)c1cnc2ccccc2n1. The number of fused-ring (bicyclic) bond motifs is 1. The topological polar surface area (TPSA) is 75.9 Å². The Morgan fingerprint density at radius 3 is 2.55 bits per heavy atom. The van der Waals surface area contributed by atoms with Crippen LogP contribution in [0.25, 0.3) is 11.0 Å². The van der Waals surface area contributed by atoms with Gasteiger partial charge in [-0.05, 0) is 32.9 Å². The maximum atomic E-state index is 12.0. The van der Waals surface area contributed by atoms with E-state index in [0.29, 0.717) is 11.2 Å². The summed E-state index contributed by atoms with van der Waals surface area (Å²) in [7, 11) is 0. The van der Waals surface area contributed by atoms with Crippen molar-refractivity contribution in [1.29, 1.82) is 5.26 Å². The van der Waals surface area contributed by atoms with Crippen molar-refractivity contribution in [3.63, 3.8) is 0 Å². The van der Waals surface area contributed by atoms with E-state index in [1.165, 1.54) is 6.20 Å². The molecule has 0 amide bonds. The van der Waals surface area contributed by atoms with Crippen LogP contribution in [0.1, 0.15) is 32.4 Å². The summed E-state index contributed by atoms with van der Waals surface area (Å²) in [6.45, 7) is 5.27. The van der Waals surface area contributed by atoms with Crippen molar-refractivity contribution in [1.82, 2.24) is 9.97 Å². The van der Waals surface area contributed by atoms with Gasteiger partial charge in [-0.1, -0.05) is 12.1 Å². The van der Waals surface area contributed by atoms with Crippen molar-refractivity contribution in [3.8, 4) is 6.07 Å². The van der Waals surface area contributed by atoms with Gasteiger partial charge in [0.15, 0.2) is 5.92 Å². The second-order valence-corrected chi connectivity index (χ2v) is 5.38. The first kappa shape index (κ1) is 13.9. The Bertz CT molecular complexity index is 683. The molecule has 1 unspecified atom stereocenters. The summed E-state index contributed by atoms with van der Waals surface area (Å²) in [6.07, 6.45) is 1.44. The minimum Gasteiger partial charge on any atom is -0.459 e. The fraction of sp³-hybridized carbons (Fsp3) is 0.333. The van der Waals surface area contributed by atoms with E-state index in [-0.39, 0.29) is 0 Å². The number of aromatic nitrogens is 2. The Kier molecular flexibility index (Phi) is 3.66. The number of hydrogen-bond donors (Lipinski definition) is 0. The third-order valence-electron chi connectivity index (χ3n) is 2.53. The van der Waals surface area contributed by atoms with Gasteiger partial charge in [0, 0.05) is 0 Å². The highest BCUT2D eigenvalue weighted by atomic mass is 16.6. The van der Waals surface area contributed by atoms with E-state index < -0.39 is 17.5 Å². The molecule has 0 spiro atoms. The van der Waals surface area contributed by atoms with Crippen LogP contribution in [0.15, 0.2) is 30.5 Å². The van der Waals surface area contributed by atoms with Gasteiger partial charge in [-0.15, -0.1) is 0 Å². The number of carbonyl (C=O) groups is 1. The molecule has 0 saturated carbocycles. The Balaban J connectivity index is 2.35. The minimum atomic E-state index is -1.06. The van der Waals surface area contributed by atoms with E-state index in [4.69, 9.17) is 4.74 Å². The molecule has 1 aromatic heterocycles. The first-order valence-corrected chi connectivity index (χ1v) is 6.25. The van der Waals surface area contributed by atoms with Gasteiger partial charge < -0.3 is 4.74 Å². The maximum absolute atomic E-state index is 12.0. The van der Waals surface area contributed by atoms with Crippen LogP contribution in [0.3, 0.4) is 0 Å². The van der Waals surface area contributed by atoms with E-state index in [1.807, 2.05) is 24.3 Å². The largest absolute Gasteiger partial charge is 0.459 e. The van der Waals surface area contributed by atoms with Crippen LogP contribution in [0.2, 0.25) is 0 Å². The molecule has 2 rings (SSSR count). The Labute approximate surface area is 117 Å². The zero-order chi connectivity index (χ0) is 14.8. The van der Waals surface area contributed by atoms with Gasteiger partial charge in [0.05, 0.1) is 29.0 Å². The lowest BCUT2D eigenvalue weighted by Crippen LogP contribution is -2.27. The van der Waals surface area contributed by atoms with Gasteiger partial charge >= 0.3 is 5.97 Å². The molecular formula is C15H15N3O2. The standard InChI is InChI=1S/C15H15N3O2/c1-15(2,3)20-14(19)10(8-16)13-9-17-11-6-4-5-7-12(11)18-13/h4-7,9-10H,1-3H3. The first-order valence-electron chi connectivity index (χ1n) is 6.25. The maximum Gasteiger partial charge on any atom is 0.330 e. The summed E-state index contributed by atoms with van der Waals surface area (Å²) in [5.41, 5.74) is 1.03. The predicted octanol–water partition coefficient (Wildman–Crippen LogP) is 2.58. The molecule has 0 bridgehead atoms. The molecular weight excluding hydrogens is 254 g/mol. The van der Waals surface area contributed by atoms with Crippen molar-refractivity contribution < 1.29 is 9.53 Å². The molecule has 1 heterocycles. The van der Waals surface area contributed by atoms with Crippen molar-refractivity contribution in [3.05, 3.63) is 36.2 Å². The molecule has 0 aliphatic rings. The normalized spacial score (nSPS) is 12.7. The first-order chi connectivity index (χ1) is 9.40. The molecule has 0 N–H and O–H groups in total. The molecule has 0 aliphatic heterocycles. The van der Waals surface area contributed by atoms with Crippen LogP contribution in [-0.4, -0.2) is 21.5 Å². The number of carbonyl (C=O) groups excluding carboxylic acids is 1. The zero-order valence-electron chi connectivity index (χ0n) is 11.6. The van der Waals surface area contributed by atoms with Gasteiger partial charge in [-0.2, -0.15) is 5.26 Å². The smallest absolute Gasteiger partial charge is 0.330 e. The molecule has 0 radical (unpaired) electrons. The fourth-order valence-corrected chi connectivity index (χ4v) is 1.71. The molecule has 20 heavy (non-hydrogen) atoms. The van der Waals surface area contributed by atoms with Crippen molar-refractivity contribution in [2.24, 2.45) is 0 Å². The average Bonchev–Trinajstić information content (AvgIpc) is 2.37. The van der Waals surface area contributed by atoms with Crippen LogP contribution < -0.4 is 0 Å². The minimum absolute atomic E-state index is 0.306. The number of nitriles is 1. The number of nitrogens with zero attached hydrogens (tertiary/aromatic N) is 3. The molecule has 5 heteroatoms. The third kappa shape index (κ3) is 3.09. The fourth-order valence-electron chi connectivity index (χ4n) is 1.71. The highest BCUT2D eigenvalue weighted by Gasteiger charge is 2.28. The van der Waals surface area contributed by atoms with Crippen molar-refractivity contribution in [2.45, 2.75) is 32.3 Å². The molecule has 1 atom stereocenters. The number of hydrogen-bond acceptors (Lipinski definition) is 5. The predicted molar refractivity (Wildman–Crippen MR) is 73.7 cm³/mol. The van der Waals surface area contributed by atoms with E-state index in [1.54, 1.807) is 26.8 Å². The van der Waals surface area contributed by atoms with Crippen LogP contribution in [-0.2, 0) is 9.53 Å². The Morgan fingerprint density at radius 1 is 1.30 bits per heavy atom. The highest BCUT2D eigenvalue weighted by molar-refractivity contribution is 5.82. The van der Waals surface area contributed by atoms with Crippen molar-refractivity contribution in [2.75, 3.05) is 0 Å². The molecule has 102 valence electrons. The Hall–Kier alpha value is -2.48. The van der Waals surface area contributed by atoms with E-state index >= 15 is 0 Å². The van der Waals surface area contributed by atoms with E-state index in [0.717, 1.165) is 5.52 Å². The number of esters is 1. The number of rotatable bonds is 2. The Morgan fingerprint density at radius 2 is 1.95 bits per heavy atom. The van der Waals surface area contributed by atoms with Gasteiger partial charge in [0.25, 0.3) is 0 Å². The zero-order valence-corrected chi connectivity index (χ0v) is 11.6. The molecule has 1 aromatic carbocycles. The third-order valence-corrected chi connectivity index (χ3v) is 2.53. The summed E-state index contributed by atoms with van der Waals surface area (Å²) in [5, 5.41) is 9.20. The molecule has 5 nitrogen and oxygen atoms in total. The quantitative estimate of drug-likeness (QED) is 0.783. The van der Waals surface area contributed by atoms with Crippen molar-refractivity contribution >= 4 is 17.0 Å². The van der Waals surface area contributed by atoms with Crippen LogP contribution in [0.4, 0.5) is 0 Å². The van der Waals surface area contributed by atoms with Gasteiger partial charge in [-0.25, -0.2) is 4.98 Å². The highest BCUT2D eigenvalue weighted by Crippen LogP contribution is 2.20. The average molecular weight is 269 g/mol. The lowest BCUT2D eigenvalue weighted by molar-refractivity contribution is -0.155. The lowest BCUT2D eigenvalue weighted by Gasteiger charge is -2.21. The van der Waals surface area contributed by atoms with Crippen LogP contribution in [0.5, 0.6) is 0 Å². The van der Waals surface area contributed by atoms with E-state index in [9.17, 15) is 10.1 Å². The molecule has 0 aliphatic carbocycles. The van der Waals surface area contributed by atoms with Gasteiger partial charge in [-0.3, -0.25) is 9.78 Å². The van der Waals surface area contributed by atoms with Crippen LogP contribution >= 0.6 is 0 Å². The monoisotopic (exact) mass is 269 g/mol. The molecule has 2 aromatic rings. The summed E-state index contributed by atoms with van der Waals surface area (Å²) < 4.78 is 5.23. The number of para-hydroxylation sites is 2. The summed E-state index contributed by atoms with van der Waals surface area (Å²) in [5.74, 6) is -1.67. The van der Waals surface area contributed by atoms with Gasteiger partial charge in [0.2, 0.25) is 0 Å². The second kappa shape index (κ2) is 5.25. The number of benzene rings is 1. The molecule has 0 saturated heterocycles. The summed E-state index contributed by atoms with van der Waals surface area (Å²) in [4.78, 5) is 20.5. The summed E-state index contributed by atoms with van der Waals surface area (Å²) >= 11 is 0. The number of ether oxygens (including phenoxy) is 1. The summed E-state index contributed by atoms with van der Waals surface area (Å²) in [6, 6.07) is 9.22. The lowest BCUT2D eigenvalue weighted by atomic mass is 10.1. The van der Waals surface area contributed by atoms with E-state index in [2.05, 4.69) is 9.97 Å². The van der Waals surface area contributed by atoms with Gasteiger partial charge in [0.1, 0.15) is 5.60 Å². The van der Waals surface area contributed by atoms with Crippen LogP contribution in [0, 0.1) is 11.3 Å². The second-order valence-electron chi connectivity index (χ2n) is 5.38.